The van der Waals surface area contributed by atoms with Gasteiger partial charge in [0.25, 0.3) is 0 Å². The Hall–Kier alpha value is -1.18. The summed E-state index contributed by atoms with van der Waals surface area (Å²) in [6.07, 6.45) is 3.74. The molecule has 0 spiro atoms. The Morgan fingerprint density at radius 3 is 2.56 bits per heavy atom. The molecule has 0 fully saturated rings. The number of aromatic nitrogens is 1. The molecule has 1 rings (SSSR count). The third-order valence-corrected chi connectivity index (χ3v) is 1.30. The molecule has 0 amide bonds. The molecule has 0 unspecified atom stereocenters. The number of rotatable bonds is 1. The lowest BCUT2D eigenvalue weighted by Gasteiger charge is -1.93. The number of hydrogen-bond donors (Lipinski definition) is 2. The molecule has 1 heterocycles. The molecule has 0 atom stereocenters. The largest absolute Gasteiger partial charge is 0.399 e. The van der Waals surface area contributed by atoms with E-state index in [-0.39, 0.29) is 0 Å². The zero-order valence-electron chi connectivity index (χ0n) is 5.44. The highest BCUT2D eigenvalue weighted by Gasteiger charge is 1.96. The van der Waals surface area contributed by atoms with E-state index < -0.39 is 0 Å². The molecule has 0 aliphatic carbocycles. The standard InChI is InChI=1S/C7H10N2/c1-5-3-9-4-7(5)6(2)8/h3-4,9H,2,8H2,1H3. The van der Waals surface area contributed by atoms with Crippen LogP contribution in [0.25, 0.3) is 5.70 Å². The maximum atomic E-state index is 5.44. The Bertz CT molecular complexity index is 223. The van der Waals surface area contributed by atoms with Gasteiger partial charge in [-0.2, -0.15) is 0 Å². The monoisotopic (exact) mass is 122 g/mol. The summed E-state index contributed by atoms with van der Waals surface area (Å²) in [7, 11) is 0. The summed E-state index contributed by atoms with van der Waals surface area (Å²) in [6, 6.07) is 0. The Balaban J connectivity index is 3.08. The molecule has 1 aromatic rings. The van der Waals surface area contributed by atoms with E-state index >= 15 is 0 Å². The van der Waals surface area contributed by atoms with Crippen molar-refractivity contribution in [3.05, 3.63) is 30.1 Å². The Kier molecular flexibility index (Phi) is 1.30. The molecule has 0 saturated carbocycles. The van der Waals surface area contributed by atoms with Crippen LogP contribution in [0.2, 0.25) is 0 Å². The molecule has 48 valence electrons. The molecule has 2 nitrogen and oxygen atoms in total. The molecule has 2 heteroatoms. The van der Waals surface area contributed by atoms with Crippen molar-refractivity contribution < 1.29 is 0 Å². The lowest BCUT2D eigenvalue weighted by molar-refractivity contribution is 1.39. The normalized spacial score (nSPS) is 9.44. The minimum Gasteiger partial charge on any atom is -0.399 e. The van der Waals surface area contributed by atoms with Gasteiger partial charge in [0, 0.05) is 23.7 Å². The van der Waals surface area contributed by atoms with Crippen LogP contribution in [0.1, 0.15) is 11.1 Å². The average molecular weight is 122 g/mol. The van der Waals surface area contributed by atoms with Crippen molar-refractivity contribution in [1.82, 2.24) is 4.98 Å². The second kappa shape index (κ2) is 1.97. The van der Waals surface area contributed by atoms with Gasteiger partial charge in [0.15, 0.2) is 0 Å². The second-order valence-electron chi connectivity index (χ2n) is 2.08. The van der Waals surface area contributed by atoms with Crippen molar-refractivity contribution in [3.63, 3.8) is 0 Å². The van der Waals surface area contributed by atoms with Crippen molar-refractivity contribution in [2.75, 3.05) is 0 Å². The minimum atomic E-state index is 0.619. The third-order valence-electron chi connectivity index (χ3n) is 1.30. The van der Waals surface area contributed by atoms with Crippen molar-refractivity contribution >= 4 is 5.70 Å². The van der Waals surface area contributed by atoms with Crippen LogP contribution in [-0.4, -0.2) is 4.98 Å². The zero-order valence-corrected chi connectivity index (χ0v) is 5.44. The van der Waals surface area contributed by atoms with Gasteiger partial charge in [0.2, 0.25) is 0 Å². The summed E-state index contributed by atoms with van der Waals surface area (Å²) in [5, 5.41) is 0. The summed E-state index contributed by atoms with van der Waals surface area (Å²) < 4.78 is 0. The maximum Gasteiger partial charge on any atom is 0.0332 e. The first-order chi connectivity index (χ1) is 4.22. The van der Waals surface area contributed by atoms with E-state index in [4.69, 9.17) is 5.73 Å². The van der Waals surface area contributed by atoms with E-state index in [2.05, 4.69) is 11.6 Å². The van der Waals surface area contributed by atoms with Crippen LogP contribution >= 0.6 is 0 Å². The Labute approximate surface area is 54.4 Å². The second-order valence-corrected chi connectivity index (χ2v) is 2.08. The van der Waals surface area contributed by atoms with Crippen LogP contribution in [0.15, 0.2) is 19.0 Å². The smallest absolute Gasteiger partial charge is 0.0332 e. The molecule has 9 heavy (non-hydrogen) atoms. The summed E-state index contributed by atoms with van der Waals surface area (Å²) in [4.78, 5) is 2.94. The highest BCUT2D eigenvalue weighted by atomic mass is 14.7. The maximum absolute atomic E-state index is 5.44. The van der Waals surface area contributed by atoms with Crippen molar-refractivity contribution in [3.8, 4) is 0 Å². The molecule has 1 aromatic heterocycles. The summed E-state index contributed by atoms with van der Waals surface area (Å²) in [5.41, 5.74) is 8.21. The van der Waals surface area contributed by atoms with Gasteiger partial charge in [0.05, 0.1) is 0 Å². The SMILES string of the molecule is C=C(N)c1c[nH]cc1C. The number of aromatic amines is 1. The third kappa shape index (κ3) is 0.964. The van der Waals surface area contributed by atoms with Crippen LogP contribution in [-0.2, 0) is 0 Å². The number of aryl methyl sites for hydroxylation is 1. The van der Waals surface area contributed by atoms with Gasteiger partial charge in [0.1, 0.15) is 0 Å². The summed E-state index contributed by atoms with van der Waals surface area (Å²) in [5.74, 6) is 0. The van der Waals surface area contributed by atoms with Gasteiger partial charge in [-0.05, 0) is 12.5 Å². The predicted octanol–water partition coefficient (Wildman–Crippen LogP) is 1.25. The first-order valence-corrected chi connectivity index (χ1v) is 2.80. The van der Waals surface area contributed by atoms with Crippen LogP contribution in [0.4, 0.5) is 0 Å². The van der Waals surface area contributed by atoms with E-state index in [0.717, 1.165) is 11.1 Å². The predicted molar refractivity (Wildman–Crippen MR) is 38.8 cm³/mol. The van der Waals surface area contributed by atoms with Crippen molar-refractivity contribution in [1.29, 1.82) is 0 Å². The molecule has 0 aliphatic heterocycles. The summed E-state index contributed by atoms with van der Waals surface area (Å²) >= 11 is 0. The Morgan fingerprint density at radius 2 is 2.33 bits per heavy atom. The number of nitrogens with two attached hydrogens (primary N) is 1. The van der Waals surface area contributed by atoms with Gasteiger partial charge in [-0.15, -0.1) is 0 Å². The fourth-order valence-corrected chi connectivity index (χ4v) is 0.788. The van der Waals surface area contributed by atoms with Gasteiger partial charge in [-0.3, -0.25) is 0 Å². The number of nitrogens with one attached hydrogen (secondary N) is 1. The molecule has 3 N–H and O–H groups in total. The van der Waals surface area contributed by atoms with Crippen LogP contribution < -0.4 is 5.73 Å². The average Bonchev–Trinajstić information content (AvgIpc) is 2.13. The van der Waals surface area contributed by atoms with E-state index in [1.165, 1.54) is 0 Å². The fraction of sp³-hybridized carbons (Fsp3) is 0.143. The fourth-order valence-electron chi connectivity index (χ4n) is 0.788. The van der Waals surface area contributed by atoms with Gasteiger partial charge >= 0.3 is 0 Å². The van der Waals surface area contributed by atoms with Crippen LogP contribution in [0, 0.1) is 6.92 Å². The van der Waals surface area contributed by atoms with Crippen molar-refractivity contribution in [2.45, 2.75) is 6.92 Å². The van der Waals surface area contributed by atoms with E-state index in [0.29, 0.717) is 5.70 Å². The van der Waals surface area contributed by atoms with Crippen molar-refractivity contribution in [2.24, 2.45) is 5.73 Å². The molecular formula is C7H10N2. The quantitative estimate of drug-likeness (QED) is 0.578. The van der Waals surface area contributed by atoms with Gasteiger partial charge in [-0.1, -0.05) is 6.58 Å². The highest BCUT2D eigenvalue weighted by molar-refractivity contribution is 5.62. The minimum absolute atomic E-state index is 0.619. The molecule has 0 radical (unpaired) electrons. The number of hydrogen-bond acceptors (Lipinski definition) is 1. The lowest BCUT2D eigenvalue weighted by Crippen LogP contribution is -1.92. The number of H-pyrrole nitrogens is 1. The first kappa shape index (κ1) is 5.95. The van der Waals surface area contributed by atoms with E-state index in [9.17, 15) is 0 Å². The van der Waals surface area contributed by atoms with E-state index in [1.807, 2.05) is 19.3 Å². The lowest BCUT2D eigenvalue weighted by atomic mass is 10.2. The van der Waals surface area contributed by atoms with Gasteiger partial charge < -0.3 is 10.7 Å². The van der Waals surface area contributed by atoms with Gasteiger partial charge in [-0.25, -0.2) is 0 Å². The molecule has 0 bridgehead atoms. The van der Waals surface area contributed by atoms with Crippen LogP contribution in [0.5, 0.6) is 0 Å². The zero-order chi connectivity index (χ0) is 6.85. The topological polar surface area (TPSA) is 41.8 Å². The first-order valence-electron chi connectivity index (χ1n) is 2.80. The Morgan fingerprint density at radius 1 is 1.67 bits per heavy atom. The molecule has 0 aliphatic rings. The highest BCUT2D eigenvalue weighted by Crippen LogP contribution is 2.10. The van der Waals surface area contributed by atoms with Crippen LogP contribution in [0.3, 0.4) is 0 Å². The van der Waals surface area contributed by atoms with E-state index in [1.54, 1.807) is 0 Å². The molecule has 0 saturated heterocycles. The summed E-state index contributed by atoms with van der Waals surface area (Å²) in [6.45, 7) is 5.61. The molecule has 0 aromatic carbocycles. The molecular weight excluding hydrogens is 112 g/mol.